The summed E-state index contributed by atoms with van der Waals surface area (Å²) in [7, 11) is 1.55. The molecule has 184 valence electrons. The van der Waals surface area contributed by atoms with Crippen LogP contribution in [0.25, 0.3) is 17.1 Å². The average Bonchev–Trinajstić information content (AvgIpc) is 3.23. The fourth-order valence-corrected chi connectivity index (χ4v) is 3.74. The number of rotatable bonds is 8. The van der Waals surface area contributed by atoms with Gasteiger partial charge in [0.15, 0.2) is 0 Å². The minimum Gasteiger partial charge on any atom is -0.496 e. The Kier molecular flexibility index (Phi) is 7.58. The van der Waals surface area contributed by atoms with E-state index in [2.05, 4.69) is 15.3 Å². The van der Waals surface area contributed by atoms with Crippen molar-refractivity contribution in [3.05, 3.63) is 82.8 Å². The monoisotopic (exact) mass is 481 g/mol. The van der Waals surface area contributed by atoms with Crippen LogP contribution in [0.15, 0.2) is 54.8 Å². The summed E-state index contributed by atoms with van der Waals surface area (Å²) in [5, 5.41) is 2.66. The zero-order chi connectivity index (χ0) is 25.8. The molecule has 0 spiro atoms. The Bertz CT molecular complexity index is 1290. The van der Waals surface area contributed by atoms with Crippen LogP contribution < -0.4 is 21.5 Å². The normalized spacial score (nSPS) is 12.2. The summed E-state index contributed by atoms with van der Waals surface area (Å²) in [5.74, 6) is -2.45. The number of alkyl halides is 2. The molecule has 3 aromatic rings. The number of nitrogens with two attached hydrogens (primary N) is 2. The smallest absolute Gasteiger partial charge is 0.276 e. The van der Waals surface area contributed by atoms with Crippen LogP contribution in [-0.4, -0.2) is 23.0 Å². The molecule has 0 atom stereocenters. The van der Waals surface area contributed by atoms with Gasteiger partial charge in [0, 0.05) is 40.2 Å². The SMILES string of the molecule is CCC(F)(F)c1cccc(NC(=O)c2nc(-c3ccc(OC)c(/C(N)=C/C=C\N)c3C)[nH]c2C)c1. The third-order valence-corrected chi connectivity index (χ3v) is 5.66. The molecule has 7 nitrogen and oxygen atoms in total. The molecule has 0 saturated carbocycles. The molecule has 6 N–H and O–H groups in total. The molecule has 0 aliphatic heterocycles. The lowest BCUT2D eigenvalue weighted by Gasteiger charge is -2.15. The summed E-state index contributed by atoms with van der Waals surface area (Å²) >= 11 is 0. The first-order valence-electron chi connectivity index (χ1n) is 11.0. The van der Waals surface area contributed by atoms with E-state index in [1.54, 1.807) is 38.3 Å². The molecular formula is C26H29F2N5O2. The summed E-state index contributed by atoms with van der Waals surface area (Å²) in [6.45, 7) is 5.00. The number of anilines is 1. The molecule has 1 amide bonds. The predicted molar refractivity (Wildman–Crippen MR) is 134 cm³/mol. The molecule has 0 fully saturated rings. The molecule has 1 heterocycles. The number of methoxy groups -OCH3 is 1. The maximum absolute atomic E-state index is 14.1. The maximum atomic E-state index is 14.1. The highest BCUT2D eigenvalue weighted by Gasteiger charge is 2.29. The van der Waals surface area contributed by atoms with E-state index in [1.165, 1.54) is 31.3 Å². The van der Waals surface area contributed by atoms with E-state index in [0.717, 1.165) is 11.1 Å². The van der Waals surface area contributed by atoms with Gasteiger partial charge in [0.25, 0.3) is 11.8 Å². The number of carbonyl (C=O) groups excluding carboxylic acids is 1. The number of carbonyl (C=O) groups is 1. The maximum Gasteiger partial charge on any atom is 0.276 e. The number of hydrogen-bond acceptors (Lipinski definition) is 5. The van der Waals surface area contributed by atoms with Gasteiger partial charge in [-0.05, 0) is 62.0 Å². The number of nitrogens with zero attached hydrogens (tertiary/aromatic N) is 1. The molecule has 0 aliphatic rings. The second-order valence-electron chi connectivity index (χ2n) is 7.97. The van der Waals surface area contributed by atoms with Gasteiger partial charge in [0.05, 0.1) is 7.11 Å². The van der Waals surface area contributed by atoms with Gasteiger partial charge in [0.2, 0.25) is 0 Å². The lowest BCUT2D eigenvalue weighted by atomic mass is 9.98. The number of hydrogen-bond donors (Lipinski definition) is 4. The lowest BCUT2D eigenvalue weighted by molar-refractivity contribution is -0.00824. The Labute approximate surface area is 202 Å². The van der Waals surface area contributed by atoms with Crippen LogP contribution in [0.5, 0.6) is 5.75 Å². The van der Waals surface area contributed by atoms with Crippen molar-refractivity contribution in [1.82, 2.24) is 9.97 Å². The van der Waals surface area contributed by atoms with Crippen LogP contribution in [0.4, 0.5) is 14.5 Å². The molecule has 9 heteroatoms. The summed E-state index contributed by atoms with van der Waals surface area (Å²) in [6.07, 6.45) is 4.32. The van der Waals surface area contributed by atoms with Crippen molar-refractivity contribution in [2.45, 2.75) is 33.1 Å². The molecule has 0 unspecified atom stereocenters. The molecule has 1 aromatic heterocycles. The first kappa shape index (κ1) is 25.5. The van der Waals surface area contributed by atoms with Crippen LogP contribution in [0.1, 0.15) is 46.2 Å². The van der Waals surface area contributed by atoms with Gasteiger partial charge in [-0.1, -0.05) is 19.1 Å². The Morgan fingerprint density at radius 1 is 1.26 bits per heavy atom. The van der Waals surface area contributed by atoms with Gasteiger partial charge in [-0.2, -0.15) is 0 Å². The van der Waals surface area contributed by atoms with Crippen molar-refractivity contribution in [2.75, 3.05) is 12.4 Å². The van der Waals surface area contributed by atoms with Crippen molar-refractivity contribution in [1.29, 1.82) is 0 Å². The number of aryl methyl sites for hydroxylation is 1. The van der Waals surface area contributed by atoms with E-state index in [0.29, 0.717) is 28.5 Å². The molecule has 2 aromatic carbocycles. The summed E-state index contributed by atoms with van der Waals surface area (Å²) in [6, 6.07) is 9.24. The van der Waals surface area contributed by atoms with Gasteiger partial charge in [-0.3, -0.25) is 4.79 Å². The quantitative estimate of drug-likeness (QED) is 0.329. The Morgan fingerprint density at radius 3 is 2.66 bits per heavy atom. The summed E-state index contributed by atoms with van der Waals surface area (Å²) in [5.41, 5.74) is 15.1. The Hall–Kier alpha value is -4.14. The number of aromatic amines is 1. The number of allylic oxidation sites excluding steroid dienone is 2. The molecule has 0 bridgehead atoms. The van der Waals surface area contributed by atoms with Crippen molar-refractivity contribution in [2.24, 2.45) is 11.5 Å². The zero-order valence-electron chi connectivity index (χ0n) is 20.1. The number of nitrogens with one attached hydrogen (secondary N) is 2. The van der Waals surface area contributed by atoms with Gasteiger partial charge in [0.1, 0.15) is 17.3 Å². The van der Waals surface area contributed by atoms with Crippen molar-refractivity contribution < 1.29 is 18.3 Å². The van der Waals surface area contributed by atoms with E-state index >= 15 is 0 Å². The average molecular weight is 482 g/mol. The van der Waals surface area contributed by atoms with Crippen molar-refractivity contribution >= 4 is 17.3 Å². The van der Waals surface area contributed by atoms with Crippen LogP contribution in [0, 0.1) is 13.8 Å². The van der Waals surface area contributed by atoms with Crippen LogP contribution >= 0.6 is 0 Å². The fraction of sp³-hybridized carbons (Fsp3) is 0.231. The topological polar surface area (TPSA) is 119 Å². The van der Waals surface area contributed by atoms with E-state index < -0.39 is 11.8 Å². The molecular weight excluding hydrogens is 452 g/mol. The van der Waals surface area contributed by atoms with E-state index in [1.807, 2.05) is 13.0 Å². The molecule has 35 heavy (non-hydrogen) atoms. The first-order chi connectivity index (χ1) is 16.6. The lowest BCUT2D eigenvalue weighted by Crippen LogP contribution is -2.16. The number of amides is 1. The van der Waals surface area contributed by atoms with Crippen molar-refractivity contribution in [3.63, 3.8) is 0 Å². The zero-order valence-corrected chi connectivity index (χ0v) is 20.1. The van der Waals surface area contributed by atoms with Gasteiger partial charge in [-0.25, -0.2) is 13.8 Å². The number of halogens is 2. The molecule has 0 aliphatic carbocycles. The number of ether oxygens (including phenoxy) is 1. The van der Waals surface area contributed by atoms with E-state index in [4.69, 9.17) is 16.2 Å². The van der Waals surface area contributed by atoms with E-state index in [9.17, 15) is 13.6 Å². The summed E-state index contributed by atoms with van der Waals surface area (Å²) < 4.78 is 33.6. The summed E-state index contributed by atoms with van der Waals surface area (Å²) in [4.78, 5) is 20.6. The molecule has 0 radical (unpaired) electrons. The van der Waals surface area contributed by atoms with Gasteiger partial charge < -0.3 is 26.5 Å². The van der Waals surface area contributed by atoms with Gasteiger partial charge >= 0.3 is 0 Å². The molecule has 0 saturated heterocycles. The first-order valence-corrected chi connectivity index (χ1v) is 11.0. The number of imidazole rings is 1. The Morgan fingerprint density at radius 2 is 2.00 bits per heavy atom. The van der Waals surface area contributed by atoms with E-state index in [-0.39, 0.29) is 23.4 Å². The number of aromatic nitrogens is 2. The highest BCUT2D eigenvalue weighted by Crippen LogP contribution is 2.35. The van der Waals surface area contributed by atoms with Crippen LogP contribution in [0.2, 0.25) is 0 Å². The number of benzene rings is 2. The standard InChI is InChI=1S/C26H29F2N5O2/c1-5-26(27,28)17-8-6-9-18(14-17)32-25(34)23-16(3)31-24(33-23)19-11-12-21(35-4)22(15(19)2)20(30)10-7-13-29/h6-14H,5,29-30H2,1-4H3,(H,31,33)(H,32,34)/b13-7-,20-10-. The second kappa shape index (κ2) is 10.4. The highest BCUT2D eigenvalue weighted by molar-refractivity contribution is 6.04. The van der Waals surface area contributed by atoms with Crippen LogP contribution in [-0.2, 0) is 5.92 Å². The fourth-order valence-electron chi connectivity index (χ4n) is 3.74. The molecule has 3 rings (SSSR count). The minimum absolute atomic E-state index is 0.152. The minimum atomic E-state index is -2.98. The second-order valence-corrected chi connectivity index (χ2v) is 7.97. The van der Waals surface area contributed by atoms with Crippen LogP contribution in [0.3, 0.4) is 0 Å². The van der Waals surface area contributed by atoms with Gasteiger partial charge in [-0.15, -0.1) is 0 Å². The number of H-pyrrole nitrogens is 1. The highest BCUT2D eigenvalue weighted by atomic mass is 19.3. The third kappa shape index (κ3) is 5.34. The Balaban J connectivity index is 1.96. The largest absolute Gasteiger partial charge is 0.496 e. The third-order valence-electron chi connectivity index (χ3n) is 5.66. The van der Waals surface area contributed by atoms with Crippen molar-refractivity contribution in [3.8, 4) is 17.1 Å². The predicted octanol–water partition coefficient (Wildman–Crippen LogP) is 5.23.